The van der Waals surface area contributed by atoms with Gasteiger partial charge >= 0.3 is 8.56 Å². The Morgan fingerprint density at radius 2 is 1.00 bits per heavy atom. The van der Waals surface area contributed by atoms with Crippen molar-refractivity contribution >= 4 is 25.5 Å². The van der Waals surface area contributed by atoms with Crippen LogP contribution in [-0.2, 0) is 8.23 Å². The molecule has 0 aromatic carbocycles. The smallest absolute Gasteiger partial charge is 0.312 e. The highest BCUT2D eigenvalue weighted by molar-refractivity contribution is 6.86. The van der Waals surface area contributed by atoms with Crippen LogP contribution < -0.4 is 9.96 Å². The van der Waals surface area contributed by atoms with Crippen molar-refractivity contribution in [2.45, 2.75) is 78.8 Å². The third-order valence-electron chi connectivity index (χ3n) is 3.16. The predicted octanol–water partition coefficient (Wildman–Crippen LogP) is 3.90. The van der Waals surface area contributed by atoms with Gasteiger partial charge in [0.25, 0.3) is 17.0 Å². The number of nitrogens with one attached hydrogen (secondary N) is 2. The SMILES string of the molecule is CCCCN[Si](C)(C)O[Si](C)(C)O[Si](C)(C)NCCCC. The van der Waals surface area contributed by atoms with E-state index in [1.165, 1.54) is 25.7 Å². The van der Waals surface area contributed by atoms with Crippen molar-refractivity contribution in [1.29, 1.82) is 0 Å². The molecular weight excluding hydrogens is 312 g/mol. The second kappa shape index (κ2) is 9.59. The van der Waals surface area contributed by atoms with E-state index >= 15 is 0 Å². The normalized spacial score (nSPS) is 13.7. The summed E-state index contributed by atoms with van der Waals surface area (Å²) >= 11 is 0. The van der Waals surface area contributed by atoms with Gasteiger partial charge < -0.3 is 18.2 Å². The standard InChI is InChI=1S/C14H38N2O2Si3/c1-9-11-13-15-19(3,4)17-21(7,8)18-20(5,6)16-14-12-10-2/h15-16H,9-14H2,1-8H3. The fourth-order valence-corrected chi connectivity index (χ4v) is 15.0. The Balaban J connectivity index is 4.38. The zero-order valence-electron chi connectivity index (χ0n) is 15.6. The molecule has 4 nitrogen and oxygen atoms in total. The molecule has 0 fully saturated rings. The van der Waals surface area contributed by atoms with Gasteiger partial charge in [0.15, 0.2) is 0 Å². The van der Waals surface area contributed by atoms with E-state index in [-0.39, 0.29) is 0 Å². The molecule has 0 saturated carbocycles. The molecule has 0 unspecified atom stereocenters. The van der Waals surface area contributed by atoms with Gasteiger partial charge in [-0.3, -0.25) is 0 Å². The Bertz CT molecular complexity index is 261. The van der Waals surface area contributed by atoms with E-state index in [9.17, 15) is 0 Å². The minimum Gasteiger partial charge on any atom is -0.424 e. The molecule has 0 radical (unpaired) electrons. The lowest BCUT2D eigenvalue weighted by Gasteiger charge is -2.38. The molecule has 0 saturated heterocycles. The Morgan fingerprint density at radius 1 is 0.667 bits per heavy atom. The summed E-state index contributed by atoms with van der Waals surface area (Å²) in [7, 11) is -5.76. The van der Waals surface area contributed by atoms with Crippen LogP contribution in [0.2, 0.25) is 39.3 Å². The lowest BCUT2D eigenvalue weighted by atomic mass is 10.3. The van der Waals surface area contributed by atoms with Crippen LogP contribution in [0.4, 0.5) is 0 Å². The minimum absolute atomic E-state index is 1.05. The van der Waals surface area contributed by atoms with Crippen molar-refractivity contribution in [3.05, 3.63) is 0 Å². The Morgan fingerprint density at radius 3 is 1.29 bits per heavy atom. The molecular formula is C14H38N2O2Si3. The average Bonchev–Trinajstić information content (AvgIpc) is 2.25. The minimum atomic E-state index is -2.10. The van der Waals surface area contributed by atoms with Gasteiger partial charge in [-0.2, -0.15) is 0 Å². The van der Waals surface area contributed by atoms with Crippen molar-refractivity contribution in [3.8, 4) is 0 Å². The van der Waals surface area contributed by atoms with Crippen molar-refractivity contribution in [3.63, 3.8) is 0 Å². The van der Waals surface area contributed by atoms with Gasteiger partial charge in [-0.15, -0.1) is 0 Å². The van der Waals surface area contributed by atoms with Gasteiger partial charge in [-0.25, -0.2) is 0 Å². The van der Waals surface area contributed by atoms with Crippen molar-refractivity contribution in [1.82, 2.24) is 9.96 Å². The fraction of sp³-hybridized carbons (Fsp3) is 1.00. The summed E-state index contributed by atoms with van der Waals surface area (Å²) in [6.07, 6.45) is 4.86. The van der Waals surface area contributed by atoms with Crippen LogP contribution in [0.25, 0.3) is 0 Å². The van der Waals surface area contributed by atoms with Crippen LogP contribution in [0.1, 0.15) is 39.5 Å². The first-order chi connectivity index (χ1) is 9.54. The third-order valence-corrected chi connectivity index (χ3v) is 13.4. The van der Waals surface area contributed by atoms with E-state index in [4.69, 9.17) is 8.23 Å². The largest absolute Gasteiger partial charge is 0.424 e. The lowest BCUT2D eigenvalue weighted by Crippen LogP contribution is -2.61. The summed E-state index contributed by atoms with van der Waals surface area (Å²) in [5, 5.41) is 0. The van der Waals surface area contributed by atoms with E-state index in [1.807, 2.05) is 0 Å². The number of unbranched alkanes of at least 4 members (excludes halogenated alkanes) is 2. The molecule has 0 aliphatic heterocycles. The zero-order chi connectivity index (χ0) is 16.6. The first-order valence-corrected chi connectivity index (χ1v) is 17.1. The zero-order valence-corrected chi connectivity index (χ0v) is 18.6. The van der Waals surface area contributed by atoms with Gasteiger partial charge in [0, 0.05) is 0 Å². The molecule has 0 aromatic heterocycles. The van der Waals surface area contributed by atoms with E-state index in [2.05, 4.69) is 63.1 Å². The molecule has 0 atom stereocenters. The Hall–Kier alpha value is 0.491. The van der Waals surface area contributed by atoms with Crippen LogP contribution in [0, 0.1) is 0 Å². The van der Waals surface area contributed by atoms with Crippen molar-refractivity contribution in [2.75, 3.05) is 13.1 Å². The molecule has 0 aromatic rings. The summed E-state index contributed by atoms with van der Waals surface area (Å²) in [6.45, 7) is 19.8. The van der Waals surface area contributed by atoms with Gasteiger partial charge in [0.2, 0.25) is 0 Å². The number of rotatable bonds is 12. The highest BCUT2D eigenvalue weighted by Gasteiger charge is 2.39. The molecule has 0 bridgehead atoms. The second-order valence-corrected chi connectivity index (χ2v) is 18.4. The maximum absolute atomic E-state index is 6.45. The van der Waals surface area contributed by atoms with E-state index < -0.39 is 25.5 Å². The van der Waals surface area contributed by atoms with Gasteiger partial charge in [0.1, 0.15) is 0 Å². The maximum atomic E-state index is 6.45. The molecule has 0 amide bonds. The molecule has 0 spiro atoms. The Labute approximate surface area is 136 Å². The van der Waals surface area contributed by atoms with Crippen LogP contribution in [0.15, 0.2) is 0 Å². The van der Waals surface area contributed by atoms with Crippen molar-refractivity contribution in [2.24, 2.45) is 0 Å². The highest BCUT2D eigenvalue weighted by atomic mass is 28.5. The van der Waals surface area contributed by atoms with Gasteiger partial charge in [-0.05, 0) is 65.2 Å². The highest BCUT2D eigenvalue weighted by Crippen LogP contribution is 2.18. The Kier molecular flexibility index (Phi) is 9.81. The van der Waals surface area contributed by atoms with E-state index in [1.54, 1.807) is 0 Å². The molecule has 21 heavy (non-hydrogen) atoms. The van der Waals surface area contributed by atoms with Gasteiger partial charge in [-0.1, -0.05) is 26.7 Å². The molecule has 0 aliphatic carbocycles. The van der Waals surface area contributed by atoms with Gasteiger partial charge in [0.05, 0.1) is 0 Å². The molecule has 2 N–H and O–H groups in total. The summed E-state index contributed by atoms with van der Waals surface area (Å²) in [5.74, 6) is 0. The summed E-state index contributed by atoms with van der Waals surface area (Å²) in [6, 6.07) is 0. The molecule has 0 rings (SSSR count). The topological polar surface area (TPSA) is 42.5 Å². The second-order valence-electron chi connectivity index (χ2n) is 7.19. The number of hydrogen-bond donors (Lipinski definition) is 2. The first kappa shape index (κ1) is 21.5. The monoisotopic (exact) mass is 350 g/mol. The first-order valence-electron chi connectivity index (χ1n) is 8.44. The number of hydrogen-bond acceptors (Lipinski definition) is 4. The molecule has 128 valence electrons. The quantitative estimate of drug-likeness (QED) is 0.414. The predicted molar refractivity (Wildman–Crippen MR) is 100 cm³/mol. The third kappa shape index (κ3) is 11.7. The van der Waals surface area contributed by atoms with E-state index in [0.29, 0.717) is 0 Å². The van der Waals surface area contributed by atoms with E-state index in [0.717, 1.165) is 13.1 Å². The molecule has 0 heterocycles. The lowest BCUT2D eigenvalue weighted by molar-refractivity contribution is 0.375. The summed E-state index contributed by atoms with van der Waals surface area (Å²) in [5.41, 5.74) is 0. The van der Waals surface area contributed by atoms with Crippen LogP contribution in [0.3, 0.4) is 0 Å². The molecule has 7 heteroatoms. The van der Waals surface area contributed by atoms with Crippen molar-refractivity contribution < 1.29 is 8.23 Å². The summed E-state index contributed by atoms with van der Waals surface area (Å²) < 4.78 is 12.9. The summed E-state index contributed by atoms with van der Waals surface area (Å²) in [4.78, 5) is 7.24. The van der Waals surface area contributed by atoms with Crippen LogP contribution in [-0.4, -0.2) is 38.6 Å². The van der Waals surface area contributed by atoms with Crippen LogP contribution >= 0.6 is 0 Å². The fourth-order valence-electron chi connectivity index (χ4n) is 2.45. The maximum Gasteiger partial charge on any atom is 0.312 e. The molecule has 0 aliphatic rings. The average molecular weight is 351 g/mol. The van der Waals surface area contributed by atoms with Crippen LogP contribution in [0.5, 0.6) is 0 Å².